The highest BCUT2D eigenvalue weighted by molar-refractivity contribution is 4.97. The first kappa shape index (κ1) is 13.0. The Hall–Kier alpha value is -0.0800. The van der Waals surface area contributed by atoms with Gasteiger partial charge in [-0.2, -0.15) is 0 Å². The summed E-state index contributed by atoms with van der Waals surface area (Å²) in [7, 11) is 0. The molecule has 1 saturated carbocycles. The van der Waals surface area contributed by atoms with E-state index in [1.165, 1.54) is 12.8 Å². The normalized spacial score (nSPS) is 39.0. The van der Waals surface area contributed by atoms with Gasteiger partial charge < -0.3 is 10.4 Å². The van der Waals surface area contributed by atoms with E-state index in [1.54, 1.807) is 0 Å². The second-order valence-corrected chi connectivity index (χ2v) is 5.55. The monoisotopic (exact) mass is 213 g/mol. The number of nitrogens with one attached hydrogen (secondary N) is 1. The van der Waals surface area contributed by atoms with E-state index in [1.807, 2.05) is 0 Å². The Morgan fingerprint density at radius 3 is 2.60 bits per heavy atom. The van der Waals surface area contributed by atoms with Crippen LogP contribution >= 0.6 is 0 Å². The molecule has 2 nitrogen and oxygen atoms in total. The third-order valence-electron chi connectivity index (χ3n) is 4.21. The van der Waals surface area contributed by atoms with Crippen molar-refractivity contribution in [1.82, 2.24) is 5.32 Å². The molecular weight excluding hydrogens is 186 g/mol. The van der Waals surface area contributed by atoms with E-state index in [0.717, 1.165) is 18.8 Å². The maximum absolute atomic E-state index is 9.68. The summed E-state index contributed by atoms with van der Waals surface area (Å²) in [5.41, 5.74) is -0.0120. The van der Waals surface area contributed by atoms with Gasteiger partial charge in [0.05, 0.1) is 6.61 Å². The summed E-state index contributed by atoms with van der Waals surface area (Å²) in [5, 5.41) is 13.3. The van der Waals surface area contributed by atoms with E-state index in [9.17, 15) is 5.11 Å². The molecule has 0 spiro atoms. The smallest absolute Gasteiger partial charge is 0.0616 e. The zero-order chi connectivity index (χ0) is 11.5. The van der Waals surface area contributed by atoms with E-state index < -0.39 is 0 Å². The molecule has 90 valence electrons. The molecular formula is C13H27NO. The molecule has 0 aromatic heterocycles. The molecule has 0 radical (unpaired) electrons. The van der Waals surface area contributed by atoms with Gasteiger partial charge in [-0.25, -0.2) is 0 Å². The van der Waals surface area contributed by atoms with Crippen molar-refractivity contribution >= 4 is 0 Å². The van der Waals surface area contributed by atoms with Gasteiger partial charge in [-0.15, -0.1) is 0 Å². The molecule has 2 heteroatoms. The lowest BCUT2D eigenvalue weighted by molar-refractivity contribution is 0.0487. The van der Waals surface area contributed by atoms with Crippen molar-refractivity contribution in [3.8, 4) is 0 Å². The fourth-order valence-electron chi connectivity index (χ4n) is 2.79. The molecule has 1 rings (SSSR count). The zero-order valence-corrected chi connectivity index (χ0v) is 10.7. The molecule has 1 aliphatic carbocycles. The van der Waals surface area contributed by atoms with Gasteiger partial charge in [-0.1, -0.05) is 20.8 Å². The van der Waals surface area contributed by atoms with Crippen LogP contribution in [-0.2, 0) is 0 Å². The molecule has 4 atom stereocenters. The number of rotatable bonds is 4. The van der Waals surface area contributed by atoms with Crippen molar-refractivity contribution in [2.75, 3.05) is 6.61 Å². The van der Waals surface area contributed by atoms with E-state index >= 15 is 0 Å². The topological polar surface area (TPSA) is 32.3 Å². The Labute approximate surface area is 94.5 Å². The van der Waals surface area contributed by atoms with Crippen LogP contribution in [0, 0.1) is 11.8 Å². The molecule has 0 aliphatic heterocycles. The van der Waals surface area contributed by atoms with E-state index in [-0.39, 0.29) is 12.1 Å². The summed E-state index contributed by atoms with van der Waals surface area (Å²) in [4.78, 5) is 0. The van der Waals surface area contributed by atoms with Crippen molar-refractivity contribution in [2.24, 2.45) is 11.8 Å². The maximum Gasteiger partial charge on any atom is 0.0616 e. The first-order chi connectivity index (χ1) is 7.04. The number of hydrogen-bond acceptors (Lipinski definition) is 2. The molecule has 4 unspecified atom stereocenters. The van der Waals surface area contributed by atoms with E-state index in [2.05, 4.69) is 33.0 Å². The fraction of sp³-hybridized carbons (Fsp3) is 1.00. The van der Waals surface area contributed by atoms with Crippen LogP contribution in [0.15, 0.2) is 0 Å². The Morgan fingerprint density at radius 2 is 2.13 bits per heavy atom. The third-order valence-corrected chi connectivity index (χ3v) is 4.21. The second kappa shape index (κ2) is 5.31. The van der Waals surface area contributed by atoms with Crippen LogP contribution in [0.3, 0.4) is 0 Å². The maximum atomic E-state index is 9.68. The van der Waals surface area contributed by atoms with E-state index in [0.29, 0.717) is 12.0 Å². The number of aliphatic hydroxyl groups is 1. The van der Waals surface area contributed by atoms with Crippen LogP contribution in [0.25, 0.3) is 0 Å². The summed E-state index contributed by atoms with van der Waals surface area (Å²) < 4.78 is 0. The largest absolute Gasteiger partial charge is 0.394 e. The summed E-state index contributed by atoms with van der Waals surface area (Å²) in [6.07, 6.45) is 4.73. The lowest BCUT2D eigenvalue weighted by Crippen LogP contribution is -2.58. The summed E-state index contributed by atoms with van der Waals surface area (Å²) in [6.45, 7) is 9.29. The average Bonchev–Trinajstić information content (AvgIpc) is 2.22. The Bertz CT molecular complexity index is 195. The predicted octanol–water partition coefficient (Wildman–Crippen LogP) is 2.56. The van der Waals surface area contributed by atoms with Crippen LogP contribution in [0.1, 0.15) is 53.4 Å². The fourth-order valence-corrected chi connectivity index (χ4v) is 2.79. The minimum absolute atomic E-state index is 0.0120. The van der Waals surface area contributed by atoms with Gasteiger partial charge in [0.2, 0.25) is 0 Å². The minimum Gasteiger partial charge on any atom is -0.394 e. The lowest BCUT2D eigenvalue weighted by Gasteiger charge is -2.46. The zero-order valence-electron chi connectivity index (χ0n) is 10.7. The lowest BCUT2D eigenvalue weighted by atomic mass is 9.70. The third kappa shape index (κ3) is 2.94. The van der Waals surface area contributed by atoms with Gasteiger partial charge in [-0.3, -0.25) is 0 Å². The van der Waals surface area contributed by atoms with Crippen LogP contribution in [-0.4, -0.2) is 23.3 Å². The molecule has 0 aromatic rings. The molecule has 0 aromatic carbocycles. The minimum atomic E-state index is -0.0120. The van der Waals surface area contributed by atoms with Gasteiger partial charge in [0, 0.05) is 11.6 Å². The Balaban J connectivity index is 2.66. The van der Waals surface area contributed by atoms with Crippen LogP contribution in [0.2, 0.25) is 0 Å². The molecule has 15 heavy (non-hydrogen) atoms. The molecule has 0 bridgehead atoms. The van der Waals surface area contributed by atoms with Crippen molar-refractivity contribution in [3.05, 3.63) is 0 Å². The molecule has 0 amide bonds. The highest BCUT2D eigenvalue weighted by Crippen LogP contribution is 2.36. The predicted molar refractivity (Wildman–Crippen MR) is 64.9 cm³/mol. The summed E-state index contributed by atoms with van der Waals surface area (Å²) in [5.74, 6) is 1.40. The highest BCUT2D eigenvalue weighted by Gasteiger charge is 2.39. The standard InChI is InChI=1S/C13H27NO/c1-5-12(4)14-13(9-15)7-6-10(2)8-11(13)3/h10-12,14-15H,5-9H2,1-4H3. The van der Waals surface area contributed by atoms with Gasteiger partial charge in [0.25, 0.3) is 0 Å². The Morgan fingerprint density at radius 1 is 1.47 bits per heavy atom. The van der Waals surface area contributed by atoms with Gasteiger partial charge in [0.15, 0.2) is 0 Å². The van der Waals surface area contributed by atoms with Crippen molar-refractivity contribution < 1.29 is 5.11 Å². The van der Waals surface area contributed by atoms with Crippen molar-refractivity contribution in [2.45, 2.75) is 65.0 Å². The van der Waals surface area contributed by atoms with Gasteiger partial charge in [-0.05, 0) is 44.4 Å². The summed E-state index contributed by atoms with van der Waals surface area (Å²) in [6, 6.07) is 0.507. The number of hydrogen-bond donors (Lipinski definition) is 2. The molecule has 2 N–H and O–H groups in total. The highest BCUT2D eigenvalue weighted by atomic mass is 16.3. The SMILES string of the molecule is CCC(C)NC1(CO)CCC(C)CC1C. The summed E-state index contributed by atoms with van der Waals surface area (Å²) >= 11 is 0. The quantitative estimate of drug-likeness (QED) is 0.752. The van der Waals surface area contributed by atoms with Gasteiger partial charge >= 0.3 is 0 Å². The number of aliphatic hydroxyl groups excluding tert-OH is 1. The average molecular weight is 213 g/mol. The Kier molecular flexibility index (Phi) is 4.60. The first-order valence-electron chi connectivity index (χ1n) is 6.42. The van der Waals surface area contributed by atoms with Crippen molar-refractivity contribution in [1.29, 1.82) is 0 Å². The van der Waals surface area contributed by atoms with Gasteiger partial charge in [0.1, 0.15) is 0 Å². The van der Waals surface area contributed by atoms with Crippen LogP contribution in [0.4, 0.5) is 0 Å². The second-order valence-electron chi connectivity index (χ2n) is 5.55. The molecule has 0 saturated heterocycles. The molecule has 1 aliphatic rings. The molecule has 0 heterocycles. The first-order valence-corrected chi connectivity index (χ1v) is 6.42. The van der Waals surface area contributed by atoms with E-state index in [4.69, 9.17) is 0 Å². The van der Waals surface area contributed by atoms with Crippen LogP contribution in [0.5, 0.6) is 0 Å². The van der Waals surface area contributed by atoms with Crippen molar-refractivity contribution in [3.63, 3.8) is 0 Å². The molecule has 1 fully saturated rings. The van der Waals surface area contributed by atoms with Crippen LogP contribution < -0.4 is 5.32 Å².